The first-order chi connectivity index (χ1) is 3.00. The zero-order chi connectivity index (χ0) is 4.24. The Morgan fingerprint density at radius 1 is 0.667 bits per heavy atom. The minimum absolute atomic E-state index is 0. The fourth-order valence-corrected chi connectivity index (χ4v) is 0.604. The van der Waals surface area contributed by atoms with E-state index in [9.17, 15) is 0 Å². The van der Waals surface area contributed by atoms with E-state index in [0.29, 0.717) is 0 Å². The second-order valence-electron chi connectivity index (χ2n) is 1.50. The van der Waals surface area contributed by atoms with Crippen LogP contribution in [0.2, 0.25) is 0 Å². The van der Waals surface area contributed by atoms with Crippen LogP contribution in [0, 0.1) is 0 Å². The quantitative estimate of drug-likeness (QED) is 0.342. The largest absolute Gasteiger partial charge is 1.00 e. The molecule has 5 heteroatoms. The standard InChI is InChI=1S/C4H10N2.3Na.3H/c1-2-6-4-3-5-1;;;;;;/h5-6H,1-4H2;;;;;;/q;3*+1;3*-1. The van der Waals surface area contributed by atoms with Gasteiger partial charge in [0.05, 0.1) is 0 Å². The summed E-state index contributed by atoms with van der Waals surface area (Å²) in [6.45, 7) is 4.56. The van der Waals surface area contributed by atoms with E-state index in [0.717, 1.165) is 26.2 Å². The molecule has 0 aromatic carbocycles. The van der Waals surface area contributed by atoms with Gasteiger partial charge in [-0.2, -0.15) is 0 Å². The van der Waals surface area contributed by atoms with Crippen molar-refractivity contribution in [1.29, 1.82) is 0 Å². The molecule has 0 radical (unpaired) electrons. The van der Waals surface area contributed by atoms with Gasteiger partial charge in [0.2, 0.25) is 0 Å². The maximum Gasteiger partial charge on any atom is 1.00 e. The Morgan fingerprint density at radius 2 is 0.889 bits per heavy atom. The number of rotatable bonds is 0. The van der Waals surface area contributed by atoms with Gasteiger partial charge in [-0.05, 0) is 0 Å². The molecule has 0 saturated carbocycles. The summed E-state index contributed by atoms with van der Waals surface area (Å²) in [4.78, 5) is 0. The average Bonchev–Trinajstić information content (AvgIpc) is 1.72. The molecular weight excluding hydrogens is 145 g/mol. The first-order valence-electron chi connectivity index (χ1n) is 2.41. The third-order valence-corrected chi connectivity index (χ3v) is 0.957. The third-order valence-electron chi connectivity index (χ3n) is 0.957. The van der Waals surface area contributed by atoms with Gasteiger partial charge in [-0.3, -0.25) is 0 Å². The van der Waals surface area contributed by atoms with Crippen molar-refractivity contribution < 1.29 is 93.0 Å². The van der Waals surface area contributed by atoms with Crippen molar-refractivity contribution in [3.63, 3.8) is 0 Å². The van der Waals surface area contributed by atoms with Gasteiger partial charge in [-0.25, -0.2) is 0 Å². The van der Waals surface area contributed by atoms with Crippen molar-refractivity contribution in [2.24, 2.45) is 0 Å². The van der Waals surface area contributed by atoms with Crippen LogP contribution in [0.3, 0.4) is 0 Å². The minimum Gasteiger partial charge on any atom is -1.00 e. The van der Waals surface area contributed by atoms with E-state index in [1.807, 2.05) is 0 Å². The molecule has 1 aliphatic heterocycles. The first-order valence-corrected chi connectivity index (χ1v) is 2.41. The van der Waals surface area contributed by atoms with E-state index in [2.05, 4.69) is 10.6 Å². The van der Waals surface area contributed by atoms with Crippen molar-refractivity contribution in [2.75, 3.05) is 26.2 Å². The smallest absolute Gasteiger partial charge is 1.00 e. The summed E-state index contributed by atoms with van der Waals surface area (Å²) in [5.74, 6) is 0. The summed E-state index contributed by atoms with van der Waals surface area (Å²) in [6, 6.07) is 0. The fraction of sp³-hybridized carbons (Fsp3) is 1.00. The normalized spacial score (nSPS) is 16.0. The fourth-order valence-electron chi connectivity index (χ4n) is 0.604. The Balaban J connectivity index is -0.0000000150. The maximum absolute atomic E-state index is 3.22. The summed E-state index contributed by atoms with van der Waals surface area (Å²) in [5.41, 5.74) is 0. The van der Waals surface area contributed by atoms with Gasteiger partial charge in [-0.1, -0.05) is 0 Å². The van der Waals surface area contributed by atoms with Gasteiger partial charge in [-0.15, -0.1) is 0 Å². The summed E-state index contributed by atoms with van der Waals surface area (Å²) >= 11 is 0. The molecule has 1 fully saturated rings. The van der Waals surface area contributed by atoms with Crippen LogP contribution in [-0.4, -0.2) is 26.2 Å². The van der Waals surface area contributed by atoms with Crippen LogP contribution in [0.4, 0.5) is 0 Å². The van der Waals surface area contributed by atoms with Crippen molar-refractivity contribution in [2.45, 2.75) is 0 Å². The second-order valence-corrected chi connectivity index (χ2v) is 1.50. The molecule has 0 aromatic rings. The number of nitrogens with one attached hydrogen (secondary N) is 2. The molecule has 1 rings (SSSR count). The van der Waals surface area contributed by atoms with Crippen molar-refractivity contribution >= 4 is 0 Å². The molecule has 0 aliphatic carbocycles. The predicted octanol–water partition coefficient (Wildman–Crippen LogP) is -9.47. The summed E-state index contributed by atoms with van der Waals surface area (Å²) in [5, 5.41) is 6.44. The van der Waals surface area contributed by atoms with Crippen LogP contribution in [0.1, 0.15) is 4.28 Å². The Labute approximate surface area is 128 Å². The molecule has 0 amide bonds. The van der Waals surface area contributed by atoms with Crippen LogP contribution in [0.25, 0.3) is 0 Å². The predicted molar refractivity (Wildman–Crippen MR) is 29.1 cm³/mol. The number of hydrogen-bond donors (Lipinski definition) is 2. The second kappa shape index (κ2) is 13.5. The van der Waals surface area contributed by atoms with Crippen LogP contribution < -0.4 is 99.3 Å². The molecular formula is C4H13N2Na3. The van der Waals surface area contributed by atoms with E-state index >= 15 is 0 Å². The van der Waals surface area contributed by atoms with Crippen LogP contribution in [-0.2, 0) is 0 Å². The third kappa shape index (κ3) is 10.9. The molecule has 2 N–H and O–H groups in total. The molecule has 1 saturated heterocycles. The topological polar surface area (TPSA) is 24.1 Å². The maximum atomic E-state index is 3.22. The minimum atomic E-state index is 0. The Bertz CT molecular complexity index is 39.0. The molecule has 0 unspecified atom stereocenters. The summed E-state index contributed by atoms with van der Waals surface area (Å²) in [7, 11) is 0. The van der Waals surface area contributed by atoms with E-state index < -0.39 is 0 Å². The van der Waals surface area contributed by atoms with Gasteiger partial charge in [0, 0.05) is 26.2 Å². The SMILES string of the molecule is C1CNCCN1.[H-].[H-].[H-].[Na+].[Na+].[Na+]. The molecule has 1 aliphatic rings. The monoisotopic (exact) mass is 158 g/mol. The van der Waals surface area contributed by atoms with E-state index in [1.165, 1.54) is 0 Å². The summed E-state index contributed by atoms with van der Waals surface area (Å²) < 4.78 is 0. The Morgan fingerprint density at radius 3 is 1.00 bits per heavy atom. The molecule has 0 spiro atoms. The van der Waals surface area contributed by atoms with Crippen LogP contribution >= 0.6 is 0 Å². The van der Waals surface area contributed by atoms with E-state index in [-0.39, 0.29) is 93.0 Å². The first kappa shape index (κ1) is 17.9. The van der Waals surface area contributed by atoms with Gasteiger partial charge in [0.1, 0.15) is 0 Å². The van der Waals surface area contributed by atoms with E-state index in [4.69, 9.17) is 0 Å². The van der Waals surface area contributed by atoms with Crippen LogP contribution in [0.15, 0.2) is 0 Å². The molecule has 42 valence electrons. The molecule has 0 bridgehead atoms. The van der Waals surface area contributed by atoms with Crippen LogP contribution in [0.5, 0.6) is 0 Å². The van der Waals surface area contributed by atoms with Crippen molar-refractivity contribution in [1.82, 2.24) is 10.6 Å². The Kier molecular flexibility index (Phi) is 26.8. The van der Waals surface area contributed by atoms with Gasteiger partial charge in [0.15, 0.2) is 0 Å². The summed E-state index contributed by atoms with van der Waals surface area (Å²) in [6.07, 6.45) is 0. The average molecular weight is 158 g/mol. The zero-order valence-corrected chi connectivity index (χ0v) is 12.8. The van der Waals surface area contributed by atoms with Gasteiger partial charge in [0.25, 0.3) is 0 Å². The Hall–Kier alpha value is 2.92. The molecule has 9 heavy (non-hydrogen) atoms. The van der Waals surface area contributed by atoms with Gasteiger partial charge >= 0.3 is 88.7 Å². The van der Waals surface area contributed by atoms with E-state index in [1.54, 1.807) is 0 Å². The molecule has 0 atom stereocenters. The molecule has 2 nitrogen and oxygen atoms in total. The van der Waals surface area contributed by atoms with Crippen molar-refractivity contribution in [3.8, 4) is 0 Å². The van der Waals surface area contributed by atoms with Crippen molar-refractivity contribution in [3.05, 3.63) is 0 Å². The molecule has 1 heterocycles. The zero-order valence-electron chi connectivity index (χ0n) is 9.83. The molecule has 0 aromatic heterocycles. The number of piperazine rings is 1. The number of hydrogen-bond acceptors (Lipinski definition) is 2. The van der Waals surface area contributed by atoms with Gasteiger partial charge < -0.3 is 14.9 Å².